The molecule has 10 heteroatoms. The number of hydrogen-bond donors (Lipinski definition) is 1. The summed E-state index contributed by atoms with van der Waals surface area (Å²) in [5.74, 6) is -2.58. The second-order valence-corrected chi connectivity index (χ2v) is 14.6. The lowest BCUT2D eigenvalue weighted by atomic mass is 9.55. The molecule has 266 valence electrons. The number of rotatable bonds is 11. The lowest BCUT2D eigenvalue weighted by Gasteiger charge is -2.48. The van der Waals surface area contributed by atoms with Gasteiger partial charge in [-0.05, 0) is 48.8 Å². The Morgan fingerprint density at radius 2 is 1.66 bits per heavy atom. The first-order valence-corrected chi connectivity index (χ1v) is 17.8. The van der Waals surface area contributed by atoms with Crippen molar-refractivity contribution in [3.8, 4) is 17.4 Å². The Kier molecular flexibility index (Phi) is 8.42. The smallest absolute Gasteiger partial charge is 0.265 e. The number of unbranched alkanes of at least 4 members (excludes halogenated alkanes) is 2. The molecule has 50 heavy (non-hydrogen) atoms. The number of nitrogens with zero attached hydrogens (tertiary/aromatic N) is 1. The molecule has 2 aromatic rings. The summed E-state index contributed by atoms with van der Waals surface area (Å²) >= 11 is 0. The molecule has 0 fully saturated rings. The second kappa shape index (κ2) is 12.3. The van der Waals surface area contributed by atoms with E-state index in [0.717, 1.165) is 49.7 Å². The van der Waals surface area contributed by atoms with Crippen molar-refractivity contribution >= 4 is 17.1 Å². The molecule has 1 aromatic heterocycles. The average molecular weight is 686 g/mol. The number of hydrogen-bond acceptors (Lipinski definition) is 10. The van der Waals surface area contributed by atoms with Crippen LogP contribution in [0.3, 0.4) is 0 Å². The highest BCUT2D eigenvalue weighted by atomic mass is 16.7. The van der Waals surface area contributed by atoms with Crippen LogP contribution in [0.2, 0.25) is 0 Å². The number of ether oxygens (including phenoxy) is 5. The Hall–Kier alpha value is -4.15. The largest absolute Gasteiger partial charge is 0.507 e. The highest BCUT2D eigenvalue weighted by molar-refractivity contribution is 6.25. The molecule has 7 rings (SSSR count). The standard InChI is InChI=1S/C40H47NO9/c1-9-11-16-48-24-19-26(45-6)33-27-22(20-39(33)21(3)14-13-15-38(39,4)5)32-31(36(44)29(24)27)35(43)28-23(40(32,46-7)47-8)18-25-30(34(28)42)37(41-50-25)49-17-12-10-2/h14,19-20,23,43H,9-13,15-18H2,1-8H3/t23-,39?/m0/s1. The molecule has 2 atom stereocenters. The van der Waals surface area contributed by atoms with Crippen LogP contribution in [0, 0.1) is 11.3 Å². The van der Waals surface area contributed by atoms with Crippen LogP contribution >= 0.6 is 0 Å². The predicted molar refractivity (Wildman–Crippen MR) is 186 cm³/mol. The molecule has 1 unspecified atom stereocenters. The molecule has 0 bridgehead atoms. The fourth-order valence-electron chi connectivity index (χ4n) is 9.17. The number of carbonyl (C=O) groups is 2. The molecule has 5 aliphatic carbocycles. The van der Waals surface area contributed by atoms with Crippen LogP contribution in [0.4, 0.5) is 0 Å². The monoisotopic (exact) mass is 685 g/mol. The molecule has 1 heterocycles. The first-order chi connectivity index (χ1) is 24.0. The number of aromatic nitrogens is 1. The van der Waals surface area contributed by atoms with Crippen LogP contribution in [0.25, 0.3) is 5.57 Å². The molecule has 0 amide bonds. The number of carbonyl (C=O) groups excluding carboxylic acids is 2. The molecule has 0 saturated carbocycles. The van der Waals surface area contributed by atoms with Gasteiger partial charge in [0.2, 0.25) is 17.4 Å². The summed E-state index contributed by atoms with van der Waals surface area (Å²) in [4.78, 5) is 29.7. The number of aliphatic hydroxyl groups excluding tert-OH is 1. The van der Waals surface area contributed by atoms with E-state index < -0.39 is 34.4 Å². The van der Waals surface area contributed by atoms with E-state index in [2.05, 4.69) is 45.0 Å². The van der Waals surface area contributed by atoms with Crippen LogP contribution in [-0.4, -0.2) is 62.2 Å². The highest BCUT2D eigenvalue weighted by Gasteiger charge is 2.63. The van der Waals surface area contributed by atoms with Crippen LogP contribution in [0.1, 0.15) is 111 Å². The summed E-state index contributed by atoms with van der Waals surface area (Å²) in [5.41, 5.74) is 3.25. The molecule has 0 aliphatic heterocycles. The molecule has 5 aliphatic rings. The van der Waals surface area contributed by atoms with Crippen molar-refractivity contribution in [3.63, 3.8) is 0 Å². The lowest BCUT2D eigenvalue weighted by Crippen LogP contribution is -2.53. The van der Waals surface area contributed by atoms with Crippen molar-refractivity contribution < 1.29 is 42.9 Å². The number of benzene rings is 1. The second-order valence-electron chi connectivity index (χ2n) is 14.6. The van der Waals surface area contributed by atoms with E-state index in [1.807, 2.05) is 13.0 Å². The summed E-state index contributed by atoms with van der Waals surface area (Å²) in [6, 6.07) is 1.81. The van der Waals surface area contributed by atoms with E-state index in [-0.39, 0.29) is 34.4 Å². The van der Waals surface area contributed by atoms with Crippen molar-refractivity contribution in [3.05, 3.63) is 74.3 Å². The third kappa shape index (κ3) is 4.36. The van der Waals surface area contributed by atoms with Gasteiger partial charge >= 0.3 is 0 Å². The first-order valence-electron chi connectivity index (χ1n) is 17.8. The predicted octanol–water partition coefficient (Wildman–Crippen LogP) is 7.81. The zero-order valence-electron chi connectivity index (χ0n) is 30.3. The summed E-state index contributed by atoms with van der Waals surface area (Å²) in [6.45, 7) is 11.5. The van der Waals surface area contributed by atoms with E-state index in [0.29, 0.717) is 52.7 Å². The minimum atomic E-state index is -1.66. The van der Waals surface area contributed by atoms with Crippen LogP contribution in [-0.2, 0) is 21.3 Å². The lowest BCUT2D eigenvalue weighted by molar-refractivity contribution is -0.204. The van der Waals surface area contributed by atoms with Gasteiger partial charge in [-0.3, -0.25) is 9.59 Å². The minimum Gasteiger partial charge on any atom is -0.507 e. The quantitative estimate of drug-likeness (QED) is 0.142. The molecule has 1 spiro atoms. The maximum Gasteiger partial charge on any atom is 0.265 e. The van der Waals surface area contributed by atoms with E-state index in [1.54, 1.807) is 7.11 Å². The number of ketones is 2. The highest BCUT2D eigenvalue weighted by Crippen LogP contribution is 2.67. The third-order valence-corrected chi connectivity index (χ3v) is 11.7. The van der Waals surface area contributed by atoms with Gasteiger partial charge in [0, 0.05) is 48.8 Å². The van der Waals surface area contributed by atoms with Gasteiger partial charge in [0.25, 0.3) is 5.88 Å². The van der Waals surface area contributed by atoms with Crippen LogP contribution in [0.5, 0.6) is 17.4 Å². The van der Waals surface area contributed by atoms with Crippen molar-refractivity contribution in [1.29, 1.82) is 0 Å². The van der Waals surface area contributed by atoms with Gasteiger partial charge < -0.3 is 33.3 Å². The fraction of sp³-hybridized carbons (Fsp3) is 0.525. The number of methoxy groups -OCH3 is 3. The van der Waals surface area contributed by atoms with Crippen molar-refractivity contribution in [2.24, 2.45) is 11.3 Å². The maximum atomic E-state index is 15.2. The molecule has 1 aromatic carbocycles. The summed E-state index contributed by atoms with van der Waals surface area (Å²) in [5, 5.41) is 16.4. The van der Waals surface area contributed by atoms with Crippen LogP contribution < -0.4 is 14.2 Å². The Morgan fingerprint density at radius 1 is 0.960 bits per heavy atom. The van der Waals surface area contributed by atoms with Gasteiger partial charge in [0.1, 0.15) is 22.8 Å². The van der Waals surface area contributed by atoms with Gasteiger partial charge in [-0.2, -0.15) is 0 Å². The van der Waals surface area contributed by atoms with Gasteiger partial charge in [-0.1, -0.05) is 58.3 Å². The molecule has 10 nitrogen and oxygen atoms in total. The number of Topliss-reactive ketones (excluding diaryl/α,β-unsaturated/α-hetero) is 2. The summed E-state index contributed by atoms with van der Waals surface area (Å²) in [7, 11) is 4.64. The molecule has 1 N–H and O–H groups in total. The molecule has 0 radical (unpaired) electrons. The summed E-state index contributed by atoms with van der Waals surface area (Å²) < 4.78 is 36.8. The van der Waals surface area contributed by atoms with Crippen LogP contribution in [0.15, 0.2) is 50.8 Å². The Bertz CT molecular complexity index is 1920. The number of aliphatic hydroxyl groups is 1. The minimum absolute atomic E-state index is 0.00450. The third-order valence-electron chi connectivity index (χ3n) is 11.7. The molecule has 0 saturated heterocycles. The topological polar surface area (TPSA) is 127 Å². The fourth-order valence-corrected chi connectivity index (χ4v) is 9.17. The Labute approximate surface area is 293 Å². The van der Waals surface area contributed by atoms with Gasteiger partial charge in [0.05, 0.1) is 43.0 Å². The Balaban J connectivity index is 1.55. The van der Waals surface area contributed by atoms with Crippen molar-refractivity contribution in [2.45, 2.75) is 90.8 Å². The van der Waals surface area contributed by atoms with Crippen molar-refractivity contribution in [1.82, 2.24) is 5.16 Å². The van der Waals surface area contributed by atoms with E-state index in [1.165, 1.54) is 14.2 Å². The van der Waals surface area contributed by atoms with E-state index in [9.17, 15) is 9.90 Å². The van der Waals surface area contributed by atoms with E-state index in [4.69, 9.17) is 28.2 Å². The van der Waals surface area contributed by atoms with E-state index >= 15 is 4.79 Å². The Morgan fingerprint density at radius 3 is 2.30 bits per heavy atom. The SMILES string of the molecule is CCCCOc1cc(OC)c2c3c1C(=O)C1=C(C3=CC23C(C)=CCCC3(C)C)C(OC)(OC)[C@H]2Cc3onc(OCCCC)c3C(=O)C2=C1O. The zero-order valence-corrected chi connectivity index (χ0v) is 30.3. The van der Waals surface area contributed by atoms with Gasteiger partial charge in [-0.25, -0.2) is 0 Å². The number of allylic oxidation sites excluding steroid dienone is 4. The first kappa shape index (κ1) is 34.3. The number of fused-ring (bicyclic) bond motifs is 4. The normalized spacial score (nSPS) is 24.0. The summed E-state index contributed by atoms with van der Waals surface area (Å²) in [6.07, 6.45) is 9.75. The molecular weight excluding hydrogens is 638 g/mol. The maximum absolute atomic E-state index is 15.2. The van der Waals surface area contributed by atoms with Crippen molar-refractivity contribution in [2.75, 3.05) is 34.5 Å². The zero-order chi connectivity index (χ0) is 35.7. The van der Waals surface area contributed by atoms with Gasteiger partial charge in [-0.15, -0.1) is 0 Å². The molecular formula is C40H47NO9. The van der Waals surface area contributed by atoms with Gasteiger partial charge in [0.15, 0.2) is 5.76 Å². The average Bonchev–Trinajstić information content (AvgIpc) is 3.68.